The SMILES string of the molecule is COc1ccc(O[C@H](CC(=O)O)C(=O)O)cc1C. The molecule has 0 saturated heterocycles. The van der Waals surface area contributed by atoms with Crippen molar-refractivity contribution in [3.8, 4) is 11.5 Å². The van der Waals surface area contributed by atoms with Gasteiger partial charge in [0, 0.05) is 0 Å². The lowest BCUT2D eigenvalue weighted by atomic mass is 10.2. The number of ether oxygens (including phenoxy) is 2. The molecule has 2 N–H and O–H groups in total. The summed E-state index contributed by atoms with van der Waals surface area (Å²) in [4.78, 5) is 21.3. The molecule has 0 fully saturated rings. The summed E-state index contributed by atoms with van der Waals surface area (Å²) in [5, 5.41) is 17.4. The first-order valence-electron chi connectivity index (χ1n) is 5.20. The van der Waals surface area contributed by atoms with Crippen molar-refractivity contribution in [3.05, 3.63) is 23.8 Å². The molecule has 0 aliphatic carbocycles. The Kier molecular flexibility index (Phi) is 4.53. The Morgan fingerprint density at radius 1 is 1.33 bits per heavy atom. The summed E-state index contributed by atoms with van der Waals surface area (Å²) in [6.45, 7) is 1.78. The smallest absolute Gasteiger partial charge is 0.345 e. The quantitative estimate of drug-likeness (QED) is 0.795. The number of aliphatic carboxylic acids is 2. The van der Waals surface area contributed by atoms with E-state index in [-0.39, 0.29) is 0 Å². The van der Waals surface area contributed by atoms with Gasteiger partial charge in [-0.05, 0) is 30.7 Å². The normalized spacial score (nSPS) is 11.7. The second-order valence-electron chi connectivity index (χ2n) is 3.67. The maximum absolute atomic E-state index is 10.8. The number of hydrogen-bond donors (Lipinski definition) is 2. The van der Waals surface area contributed by atoms with Crippen LogP contribution in [0.5, 0.6) is 11.5 Å². The molecule has 0 aromatic heterocycles. The summed E-state index contributed by atoms with van der Waals surface area (Å²) in [5.41, 5.74) is 0.773. The van der Waals surface area contributed by atoms with E-state index in [0.29, 0.717) is 11.5 Å². The minimum Gasteiger partial charge on any atom is -0.496 e. The van der Waals surface area contributed by atoms with Gasteiger partial charge in [-0.25, -0.2) is 4.79 Å². The average Bonchev–Trinajstić information content (AvgIpc) is 2.27. The summed E-state index contributed by atoms with van der Waals surface area (Å²) >= 11 is 0. The van der Waals surface area contributed by atoms with Crippen LogP contribution in [0, 0.1) is 6.92 Å². The molecule has 0 saturated carbocycles. The standard InChI is InChI=1S/C12H14O6/c1-7-5-8(3-4-9(7)17-2)18-10(12(15)16)6-11(13)14/h3-5,10H,6H2,1-2H3,(H,13,14)(H,15,16)/t10-/m1/s1. The zero-order chi connectivity index (χ0) is 13.7. The number of carboxylic acid groups (broad SMARTS) is 2. The van der Waals surface area contributed by atoms with Crippen LogP contribution in [0.1, 0.15) is 12.0 Å². The van der Waals surface area contributed by atoms with Gasteiger partial charge >= 0.3 is 11.9 Å². The highest BCUT2D eigenvalue weighted by molar-refractivity contribution is 5.80. The summed E-state index contributed by atoms with van der Waals surface area (Å²) in [7, 11) is 1.52. The average molecular weight is 254 g/mol. The minimum atomic E-state index is -1.41. The molecule has 0 aliphatic rings. The van der Waals surface area contributed by atoms with Crippen LogP contribution >= 0.6 is 0 Å². The van der Waals surface area contributed by atoms with E-state index in [4.69, 9.17) is 19.7 Å². The predicted octanol–water partition coefficient (Wildman–Crippen LogP) is 1.31. The molecule has 0 amide bonds. The number of carboxylic acids is 2. The molecule has 18 heavy (non-hydrogen) atoms. The lowest BCUT2D eigenvalue weighted by Crippen LogP contribution is -2.29. The Bertz CT molecular complexity index is 454. The molecule has 1 aromatic carbocycles. The maximum Gasteiger partial charge on any atom is 0.345 e. The molecule has 0 spiro atoms. The van der Waals surface area contributed by atoms with Crippen LogP contribution < -0.4 is 9.47 Å². The van der Waals surface area contributed by atoms with Gasteiger partial charge in [0.25, 0.3) is 0 Å². The van der Waals surface area contributed by atoms with Gasteiger partial charge in [0.15, 0.2) is 0 Å². The van der Waals surface area contributed by atoms with Crippen LogP contribution in [0.15, 0.2) is 18.2 Å². The van der Waals surface area contributed by atoms with Crippen LogP contribution in [-0.2, 0) is 9.59 Å². The zero-order valence-corrected chi connectivity index (χ0v) is 10.0. The first-order chi connectivity index (χ1) is 8.43. The molecule has 6 heteroatoms. The first-order valence-corrected chi connectivity index (χ1v) is 5.20. The first kappa shape index (κ1) is 13.8. The second kappa shape index (κ2) is 5.90. The third-order valence-electron chi connectivity index (χ3n) is 2.28. The number of benzene rings is 1. The Labute approximate surface area is 104 Å². The van der Waals surface area contributed by atoms with E-state index in [0.717, 1.165) is 5.56 Å². The van der Waals surface area contributed by atoms with Crippen molar-refractivity contribution in [2.24, 2.45) is 0 Å². The fraction of sp³-hybridized carbons (Fsp3) is 0.333. The van der Waals surface area contributed by atoms with E-state index < -0.39 is 24.5 Å². The molecule has 1 aromatic rings. The zero-order valence-electron chi connectivity index (χ0n) is 10.0. The van der Waals surface area contributed by atoms with Crippen molar-refractivity contribution in [2.75, 3.05) is 7.11 Å². The van der Waals surface area contributed by atoms with Gasteiger partial charge in [-0.3, -0.25) is 4.79 Å². The van der Waals surface area contributed by atoms with E-state index in [1.54, 1.807) is 19.1 Å². The largest absolute Gasteiger partial charge is 0.496 e. The summed E-state index contributed by atoms with van der Waals surface area (Å²) in [6, 6.07) is 4.75. The van der Waals surface area contributed by atoms with E-state index in [1.807, 2.05) is 0 Å². The van der Waals surface area contributed by atoms with Gasteiger partial charge in [0.2, 0.25) is 6.10 Å². The second-order valence-corrected chi connectivity index (χ2v) is 3.67. The molecule has 98 valence electrons. The highest BCUT2D eigenvalue weighted by atomic mass is 16.5. The van der Waals surface area contributed by atoms with Gasteiger partial charge in [-0.2, -0.15) is 0 Å². The van der Waals surface area contributed by atoms with Crippen LogP contribution in [0.25, 0.3) is 0 Å². The molecule has 0 unspecified atom stereocenters. The van der Waals surface area contributed by atoms with Crippen molar-refractivity contribution in [2.45, 2.75) is 19.4 Å². The lowest BCUT2D eigenvalue weighted by Gasteiger charge is -2.14. The van der Waals surface area contributed by atoms with Gasteiger partial charge in [-0.1, -0.05) is 0 Å². The highest BCUT2D eigenvalue weighted by Gasteiger charge is 2.23. The number of aryl methyl sites for hydroxylation is 1. The van der Waals surface area contributed by atoms with Crippen molar-refractivity contribution in [1.82, 2.24) is 0 Å². The Morgan fingerprint density at radius 2 is 2.00 bits per heavy atom. The number of methoxy groups -OCH3 is 1. The number of carbonyl (C=O) groups is 2. The van der Waals surface area contributed by atoms with E-state index in [9.17, 15) is 9.59 Å². The van der Waals surface area contributed by atoms with Crippen molar-refractivity contribution < 1.29 is 29.3 Å². The molecule has 0 radical (unpaired) electrons. The fourth-order valence-corrected chi connectivity index (χ4v) is 1.43. The van der Waals surface area contributed by atoms with Gasteiger partial charge in [0.1, 0.15) is 11.5 Å². The van der Waals surface area contributed by atoms with Crippen LogP contribution in [0.4, 0.5) is 0 Å². The third kappa shape index (κ3) is 3.65. The Morgan fingerprint density at radius 3 is 2.44 bits per heavy atom. The van der Waals surface area contributed by atoms with Crippen LogP contribution in [-0.4, -0.2) is 35.4 Å². The van der Waals surface area contributed by atoms with E-state index in [2.05, 4.69) is 0 Å². The lowest BCUT2D eigenvalue weighted by molar-refractivity contribution is -0.151. The van der Waals surface area contributed by atoms with Crippen molar-refractivity contribution >= 4 is 11.9 Å². The predicted molar refractivity (Wildman–Crippen MR) is 62.0 cm³/mol. The van der Waals surface area contributed by atoms with Crippen molar-refractivity contribution in [1.29, 1.82) is 0 Å². The summed E-state index contributed by atoms with van der Waals surface area (Å²) in [5.74, 6) is -1.60. The summed E-state index contributed by atoms with van der Waals surface area (Å²) < 4.78 is 10.2. The van der Waals surface area contributed by atoms with E-state index >= 15 is 0 Å². The highest BCUT2D eigenvalue weighted by Crippen LogP contribution is 2.24. The van der Waals surface area contributed by atoms with Crippen molar-refractivity contribution in [3.63, 3.8) is 0 Å². The number of hydrogen-bond acceptors (Lipinski definition) is 4. The van der Waals surface area contributed by atoms with Gasteiger partial charge < -0.3 is 19.7 Å². The third-order valence-corrected chi connectivity index (χ3v) is 2.28. The Hall–Kier alpha value is -2.24. The molecule has 0 aliphatic heterocycles. The fourth-order valence-electron chi connectivity index (χ4n) is 1.43. The number of rotatable bonds is 6. The van der Waals surface area contributed by atoms with Gasteiger partial charge in [0.05, 0.1) is 13.5 Å². The van der Waals surface area contributed by atoms with Crippen LogP contribution in [0.3, 0.4) is 0 Å². The minimum absolute atomic E-state index is 0.293. The molecular weight excluding hydrogens is 240 g/mol. The topological polar surface area (TPSA) is 93.1 Å². The van der Waals surface area contributed by atoms with Gasteiger partial charge in [-0.15, -0.1) is 0 Å². The molecule has 6 nitrogen and oxygen atoms in total. The molecule has 1 atom stereocenters. The molecule has 1 rings (SSSR count). The molecule has 0 heterocycles. The maximum atomic E-state index is 10.8. The van der Waals surface area contributed by atoms with Crippen LogP contribution in [0.2, 0.25) is 0 Å². The van der Waals surface area contributed by atoms with E-state index in [1.165, 1.54) is 13.2 Å². The Balaban J connectivity index is 2.84. The summed E-state index contributed by atoms with van der Waals surface area (Å²) in [6.07, 6.45) is -2.00. The monoisotopic (exact) mass is 254 g/mol. The molecular formula is C12H14O6. The molecule has 0 bridgehead atoms.